The molecule has 0 aliphatic heterocycles. The maximum atomic E-state index is 6.01. The van der Waals surface area contributed by atoms with Crippen LogP contribution < -0.4 is 10.5 Å². The van der Waals surface area contributed by atoms with Crippen LogP contribution in [0.3, 0.4) is 0 Å². The Kier molecular flexibility index (Phi) is 3.34. The molecule has 0 amide bonds. The second kappa shape index (κ2) is 4.92. The van der Waals surface area contributed by atoms with Crippen LogP contribution in [-0.4, -0.2) is 22.2 Å². The van der Waals surface area contributed by atoms with Crippen molar-refractivity contribution < 1.29 is 9.26 Å². The Labute approximate surface area is 98.8 Å². The van der Waals surface area contributed by atoms with Crippen LogP contribution in [0.25, 0.3) is 0 Å². The van der Waals surface area contributed by atoms with Crippen LogP contribution in [0.1, 0.15) is 30.2 Å². The minimum atomic E-state index is -0.433. The molecule has 1 unspecified atom stereocenters. The van der Waals surface area contributed by atoms with Crippen LogP contribution in [0, 0.1) is 0 Å². The second-order valence-electron chi connectivity index (χ2n) is 3.51. The molecule has 2 heterocycles. The van der Waals surface area contributed by atoms with Crippen molar-refractivity contribution in [2.45, 2.75) is 19.4 Å². The van der Waals surface area contributed by atoms with Crippen LogP contribution in [0.4, 0.5) is 0 Å². The number of methoxy groups -OCH3 is 1. The van der Waals surface area contributed by atoms with Crippen molar-refractivity contribution in [1.29, 1.82) is 0 Å². The van der Waals surface area contributed by atoms with E-state index in [0.29, 0.717) is 24.0 Å². The first-order valence-corrected chi connectivity index (χ1v) is 5.32. The van der Waals surface area contributed by atoms with E-state index in [9.17, 15) is 0 Å². The summed E-state index contributed by atoms with van der Waals surface area (Å²) in [7, 11) is 1.56. The number of nitrogens with two attached hydrogens (primary N) is 1. The molecule has 0 bridgehead atoms. The van der Waals surface area contributed by atoms with Gasteiger partial charge in [0.2, 0.25) is 11.8 Å². The summed E-state index contributed by atoms with van der Waals surface area (Å²) in [4.78, 5) is 8.27. The molecule has 2 rings (SSSR count). The number of rotatable bonds is 4. The molecular weight excluding hydrogens is 220 g/mol. The summed E-state index contributed by atoms with van der Waals surface area (Å²) in [6.45, 7) is 1.94. The van der Waals surface area contributed by atoms with Crippen LogP contribution in [0.15, 0.2) is 22.9 Å². The lowest BCUT2D eigenvalue weighted by Crippen LogP contribution is -2.14. The van der Waals surface area contributed by atoms with E-state index in [1.165, 1.54) is 0 Å². The minimum Gasteiger partial charge on any atom is -0.481 e. The Morgan fingerprint density at radius 1 is 1.47 bits per heavy atom. The first-order valence-electron chi connectivity index (χ1n) is 5.32. The van der Waals surface area contributed by atoms with Gasteiger partial charge in [0.1, 0.15) is 0 Å². The molecule has 0 aliphatic carbocycles. The Morgan fingerprint density at radius 2 is 2.29 bits per heavy atom. The fourth-order valence-electron chi connectivity index (χ4n) is 1.38. The van der Waals surface area contributed by atoms with Crippen LogP contribution in [0.5, 0.6) is 5.88 Å². The Bertz CT molecular complexity index is 480. The number of pyridine rings is 1. The zero-order valence-electron chi connectivity index (χ0n) is 9.75. The highest BCUT2D eigenvalue weighted by Gasteiger charge is 2.16. The van der Waals surface area contributed by atoms with Gasteiger partial charge in [-0.15, -0.1) is 0 Å². The minimum absolute atomic E-state index is 0.433. The summed E-state index contributed by atoms with van der Waals surface area (Å²) in [5.74, 6) is 1.59. The van der Waals surface area contributed by atoms with Crippen LogP contribution in [-0.2, 0) is 6.42 Å². The van der Waals surface area contributed by atoms with Crippen LogP contribution in [0.2, 0.25) is 0 Å². The molecule has 0 aliphatic rings. The molecule has 0 fully saturated rings. The number of ether oxygens (including phenoxy) is 1. The average molecular weight is 234 g/mol. The third-order valence-electron chi connectivity index (χ3n) is 2.39. The lowest BCUT2D eigenvalue weighted by Gasteiger charge is -2.07. The highest BCUT2D eigenvalue weighted by atomic mass is 16.5. The molecule has 17 heavy (non-hydrogen) atoms. The molecule has 2 aromatic heterocycles. The summed E-state index contributed by atoms with van der Waals surface area (Å²) in [6.07, 6.45) is 2.34. The van der Waals surface area contributed by atoms with Gasteiger partial charge in [0.25, 0.3) is 0 Å². The van der Waals surface area contributed by atoms with E-state index in [-0.39, 0.29) is 0 Å². The zero-order valence-corrected chi connectivity index (χ0v) is 9.75. The van der Waals surface area contributed by atoms with E-state index in [0.717, 1.165) is 5.56 Å². The number of hydrogen-bond donors (Lipinski definition) is 1. The first-order chi connectivity index (χ1) is 8.24. The molecule has 0 saturated carbocycles. The van der Waals surface area contributed by atoms with Gasteiger partial charge in [-0.3, -0.25) is 0 Å². The predicted octanol–water partition coefficient (Wildman–Crippen LogP) is 1.08. The number of hydrogen-bond acceptors (Lipinski definition) is 6. The van der Waals surface area contributed by atoms with Crippen molar-refractivity contribution in [2.75, 3.05) is 7.11 Å². The Hall–Kier alpha value is -1.95. The van der Waals surface area contributed by atoms with E-state index in [1.54, 1.807) is 19.4 Å². The predicted molar refractivity (Wildman–Crippen MR) is 60.5 cm³/mol. The van der Waals surface area contributed by atoms with Crippen LogP contribution >= 0.6 is 0 Å². The quantitative estimate of drug-likeness (QED) is 0.851. The fraction of sp³-hybridized carbons (Fsp3) is 0.364. The monoisotopic (exact) mass is 234 g/mol. The summed E-state index contributed by atoms with van der Waals surface area (Å²) in [5.41, 5.74) is 6.82. The summed E-state index contributed by atoms with van der Waals surface area (Å²) in [6, 6.07) is 3.14. The van der Waals surface area contributed by atoms with E-state index in [2.05, 4.69) is 15.1 Å². The lowest BCUT2D eigenvalue weighted by molar-refractivity contribution is 0.375. The van der Waals surface area contributed by atoms with Gasteiger partial charge in [0.15, 0.2) is 5.82 Å². The van der Waals surface area contributed by atoms with E-state index < -0.39 is 6.04 Å². The third kappa shape index (κ3) is 2.42. The summed E-state index contributed by atoms with van der Waals surface area (Å²) in [5, 5.41) is 3.84. The molecule has 90 valence electrons. The maximum Gasteiger partial charge on any atom is 0.226 e. The van der Waals surface area contributed by atoms with Crippen molar-refractivity contribution in [2.24, 2.45) is 5.73 Å². The molecule has 1 atom stereocenters. The molecule has 2 aromatic rings. The zero-order chi connectivity index (χ0) is 12.3. The number of nitrogens with zero attached hydrogens (tertiary/aromatic N) is 3. The van der Waals surface area contributed by atoms with Gasteiger partial charge in [-0.1, -0.05) is 18.1 Å². The lowest BCUT2D eigenvalue weighted by atomic mass is 10.1. The van der Waals surface area contributed by atoms with Gasteiger partial charge in [-0.2, -0.15) is 4.98 Å². The maximum absolute atomic E-state index is 6.01. The van der Waals surface area contributed by atoms with Crippen molar-refractivity contribution in [3.63, 3.8) is 0 Å². The Morgan fingerprint density at radius 3 is 2.82 bits per heavy atom. The summed E-state index contributed by atoms with van der Waals surface area (Å²) < 4.78 is 9.99. The topological polar surface area (TPSA) is 87.1 Å². The Balaban J connectivity index is 2.20. The molecule has 0 radical (unpaired) electrons. The molecule has 0 saturated heterocycles. The van der Waals surface area contributed by atoms with Gasteiger partial charge in [0.05, 0.1) is 13.2 Å². The SMILES string of the molecule is CCc1nc(C(N)c2ccc(OC)nc2)no1. The molecule has 2 N–H and O–H groups in total. The van der Waals surface area contributed by atoms with E-state index >= 15 is 0 Å². The van der Waals surface area contributed by atoms with Crippen molar-refractivity contribution in [1.82, 2.24) is 15.1 Å². The number of aryl methyl sites for hydroxylation is 1. The largest absolute Gasteiger partial charge is 0.481 e. The molecule has 0 aromatic carbocycles. The molecule has 0 spiro atoms. The number of aromatic nitrogens is 3. The second-order valence-corrected chi connectivity index (χ2v) is 3.51. The average Bonchev–Trinajstić information content (AvgIpc) is 2.87. The van der Waals surface area contributed by atoms with Crippen molar-refractivity contribution in [3.05, 3.63) is 35.6 Å². The molecular formula is C11H14N4O2. The highest BCUT2D eigenvalue weighted by molar-refractivity contribution is 5.24. The van der Waals surface area contributed by atoms with E-state index in [1.807, 2.05) is 13.0 Å². The molecule has 6 heteroatoms. The molecule has 6 nitrogen and oxygen atoms in total. The first kappa shape index (κ1) is 11.5. The van der Waals surface area contributed by atoms with Gasteiger partial charge in [-0.05, 0) is 5.56 Å². The normalized spacial score (nSPS) is 12.4. The van der Waals surface area contributed by atoms with Gasteiger partial charge >= 0.3 is 0 Å². The van der Waals surface area contributed by atoms with Gasteiger partial charge in [-0.25, -0.2) is 4.98 Å². The fourth-order valence-corrected chi connectivity index (χ4v) is 1.38. The van der Waals surface area contributed by atoms with E-state index in [4.69, 9.17) is 15.0 Å². The standard InChI is InChI=1S/C11H14N4O2/c1-3-8-14-11(15-17-8)10(12)7-4-5-9(16-2)13-6-7/h4-6,10H,3,12H2,1-2H3. The highest BCUT2D eigenvalue weighted by Crippen LogP contribution is 2.18. The van der Waals surface area contributed by atoms with Crippen molar-refractivity contribution >= 4 is 0 Å². The van der Waals surface area contributed by atoms with Gasteiger partial charge in [0, 0.05) is 18.7 Å². The van der Waals surface area contributed by atoms with Crippen molar-refractivity contribution in [3.8, 4) is 5.88 Å². The summed E-state index contributed by atoms with van der Waals surface area (Å²) >= 11 is 0. The third-order valence-corrected chi connectivity index (χ3v) is 2.39. The van der Waals surface area contributed by atoms with Gasteiger partial charge < -0.3 is 15.0 Å². The smallest absolute Gasteiger partial charge is 0.226 e.